The molecule has 0 aliphatic rings. The third-order valence-electron chi connectivity index (χ3n) is 2.98. The molecule has 0 bridgehead atoms. The van der Waals surface area contributed by atoms with Crippen molar-refractivity contribution >= 4 is 10.9 Å². The lowest BCUT2D eigenvalue weighted by molar-refractivity contribution is 0.526. The summed E-state index contributed by atoms with van der Waals surface area (Å²) in [7, 11) is 0. The Labute approximate surface area is 107 Å². The van der Waals surface area contributed by atoms with Gasteiger partial charge in [-0.1, -0.05) is 24.3 Å². The van der Waals surface area contributed by atoms with E-state index >= 15 is 0 Å². The van der Waals surface area contributed by atoms with E-state index < -0.39 is 0 Å². The van der Waals surface area contributed by atoms with Gasteiger partial charge in [-0.3, -0.25) is 16.3 Å². The minimum Gasteiger partial charge on any atom is -0.271 e. The monoisotopic (exact) mass is 239 g/mol. The van der Waals surface area contributed by atoms with E-state index in [1.54, 1.807) is 0 Å². The standard InChI is InChI=1S/C15H17N3/c1-2-3-4-10-14(18-16)13-9-5-7-12-8-6-11-17-15(12)13/h5-9,11,14,18H,4,10,16H2,1H3. The smallest absolute Gasteiger partial charge is 0.0750 e. The van der Waals surface area contributed by atoms with Gasteiger partial charge in [-0.05, 0) is 25.0 Å². The first-order chi connectivity index (χ1) is 8.86. The molecule has 1 aromatic heterocycles. The Morgan fingerprint density at radius 3 is 2.94 bits per heavy atom. The Bertz CT molecular complexity index is 576. The van der Waals surface area contributed by atoms with Crippen LogP contribution in [-0.4, -0.2) is 4.98 Å². The van der Waals surface area contributed by atoms with Crippen molar-refractivity contribution < 1.29 is 0 Å². The Kier molecular flexibility index (Phi) is 4.30. The summed E-state index contributed by atoms with van der Waals surface area (Å²) >= 11 is 0. The lowest BCUT2D eigenvalue weighted by Gasteiger charge is -2.16. The summed E-state index contributed by atoms with van der Waals surface area (Å²) in [6, 6.07) is 10.3. The van der Waals surface area contributed by atoms with Gasteiger partial charge in [-0.25, -0.2) is 0 Å². The number of fused-ring (bicyclic) bond motifs is 1. The zero-order chi connectivity index (χ0) is 12.8. The van der Waals surface area contributed by atoms with Crippen LogP contribution in [0.4, 0.5) is 0 Å². The van der Waals surface area contributed by atoms with Crippen LogP contribution >= 0.6 is 0 Å². The molecule has 0 radical (unpaired) electrons. The number of nitrogens with two attached hydrogens (primary N) is 1. The van der Waals surface area contributed by atoms with Crippen LogP contribution in [0, 0.1) is 11.8 Å². The number of para-hydroxylation sites is 1. The predicted octanol–water partition coefficient (Wildman–Crippen LogP) is 2.54. The van der Waals surface area contributed by atoms with Gasteiger partial charge in [0.15, 0.2) is 0 Å². The SMILES string of the molecule is CC#CCCC(NN)c1cccc2cccnc12. The van der Waals surface area contributed by atoms with Gasteiger partial charge < -0.3 is 0 Å². The summed E-state index contributed by atoms with van der Waals surface area (Å²) < 4.78 is 0. The molecule has 0 saturated heterocycles. The highest BCUT2D eigenvalue weighted by atomic mass is 15.2. The summed E-state index contributed by atoms with van der Waals surface area (Å²) in [5.41, 5.74) is 5.00. The van der Waals surface area contributed by atoms with Gasteiger partial charge in [0.25, 0.3) is 0 Å². The first-order valence-corrected chi connectivity index (χ1v) is 6.06. The molecule has 2 aromatic rings. The van der Waals surface area contributed by atoms with E-state index in [4.69, 9.17) is 5.84 Å². The Balaban J connectivity index is 2.34. The normalized spacial score (nSPS) is 11.9. The lowest BCUT2D eigenvalue weighted by Crippen LogP contribution is -2.28. The quantitative estimate of drug-likeness (QED) is 0.490. The molecule has 3 N–H and O–H groups in total. The van der Waals surface area contributed by atoms with E-state index in [-0.39, 0.29) is 6.04 Å². The topological polar surface area (TPSA) is 50.9 Å². The van der Waals surface area contributed by atoms with Gasteiger partial charge in [0, 0.05) is 24.0 Å². The maximum absolute atomic E-state index is 5.65. The average molecular weight is 239 g/mol. The van der Waals surface area contributed by atoms with Crippen LogP contribution in [0.3, 0.4) is 0 Å². The summed E-state index contributed by atoms with van der Waals surface area (Å²) in [6.45, 7) is 1.85. The van der Waals surface area contributed by atoms with Crippen molar-refractivity contribution in [3.63, 3.8) is 0 Å². The molecule has 1 unspecified atom stereocenters. The van der Waals surface area contributed by atoms with Crippen LogP contribution in [0.5, 0.6) is 0 Å². The highest BCUT2D eigenvalue weighted by molar-refractivity contribution is 5.81. The van der Waals surface area contributed by atoms with Crippen molar-refractivity contribution in [2.75, 3.05) is 0 Å². The van der Waals surface area contributed by atoms with Crippen LogP contribution in [0.1, 0.15) is 31.4 Å². The van der Waals surface area contributed by atoms with Crippen LogP contribution in [0.2, 0.25) is 0 Å². The highest BCUT2D eigenvalue weighted by Crippen LogP contribution is 2.24. The summed E-state index contributed by atoms with van der Waals surface area (Å²) in [5, 5.41) is 1.14. The molecule has 2 rings (SSSR count). The molecule has 0 saturated carbocycles. The van der Waals surface area contributed by atoms with Gasteiger partial charge in [0.1, 0.15) is 0 Å². The molecule has 1 atom stereocenters. The molecular weight excluding hydrogens is 222 g/mol. The van der Waals surface area contributed by atoms with E-state index in [1.807, 2.05) is 25.3 Å². The first-order valence-electron chi connectivity index (χ1n) is 6.06. The van der Waals surface area contributed by atoms with Crippen molar-refractivity contribution in [1.29, 1.82) is 0 Å². The summed E-state index contributed by atoms with van der Waals surface area (Å²) in [4.78, 5) is 4.45. The van der Waals surface area contributed by atoms with Gasteiger partial charge in [0.2, 0.25) is 0 Å². The zero-order valence-corrected chi connectivity index (χ0v) is 10.5. The van der Waals surface area contributed by atoms with Crippen molar-refractivity contribution in [2.24, 2.45) is 5.84 Å². The second-order valence-corrected chi connectivity index (χ2v) is 4.11. The molecule has 0 amide bonds. The minimum atomic E-state index is 0.0875. The molecule has 0 fully saturated rings. The number of pyridine rings is 1. The Hall–Kier alpha value is -1.89. The second kappa shape index (κ2) is 6.15. The van der Waals surface area contributed by atoms with Gasteiger partial charge >= 0.3 is 0 Å². The van der Waals surface area contributed by atoms with E-state index in [1.165, 1.54) is 0 Å². The molecule has 1 aromatic carbocycles. The number of rotatable bonds is 4. The minimum absolute atomic E-state index is 0.0875. The van der Waals surface area contributed by atoms with E-state index in [0.717, 1.165) is 29.3 Å². The van der Waals surface area contributed by atoms with Crippen LogP contribution in [0.15, 0.2) is 36.5 Å². The van der Waals surface area contributed by atoms with Crippen LogP contribution in [0.25, 0.3) is 10.9 Å². The number of hydrogen-bond acceptors (Lipinski definition) is 3. The van der Waals surface area contributed by atoms with Crippen molar-refractivity contribution in [3.05, 3.63) is 42.1 Å². The molecule has 18 heavy (non-hydrogen) atoms. The molecule has 92 valence electrons. The maximum Gasteiger partial charge on any atom is 0.0750 e. The number of hydrazine groups is 1. The van der Waals surface area contributed by atoms with Gasteiger partial charge in [-0.15, -0.1) is 11.8 Å². The summed E-state index contributed by atoms with van der Waals surface area (Å²) in [5.74, 6) is 11.6. The largest absolute Gasteiger partial charge is 0.271 e. The predicted molar refractivity (Wildman–Crippen MR) is 74.5 cm³/mol. The Morgan fingerprint density at radius 2 is 2.17 bits per heavy atom. The molecule has 3 heteroatoms. The molecular formula is C15H17N3. The molecule has 3 nitrogen and oxygen atoms in total. The lowest BCUT2D eigenvalue weighted by atomic mass is 9.99. The molecule has 1 heterocycles. The average Bonchev–Trinajstić information content (AvgIpc) is 2.43. The number of hydrogen-bond donors (Lipinski definition) is 2. The van der Waals surface area contributed by atoms with Crippen molar-refractivity contribution in [2.45, 2.75) is 25.8 Å². The third kappa shape index (κ3) is 2.67. The maximum atomic E-state index is 5.65. The number of aromatic nitrogens is 1. The first kappa shape index (κ1) is 12.6. The number of nitrogens with zero attached hydrogens (tertiary/aromatic N) is 1. The van der Waals surface area contributed by atoms with E-state index in [2.05, 4.69) is 40.4 Å². The third-order valence-corrected chi connectivity index (χ3v) is 2.98. The molecule has 0 aliphatic heterocycles. The van der Waals surface area contributed by atoms with Gasteiger partial charge in [0.05, 0.1) is 5.52 Å². The van der Waals surface area contributed by atoms with E-state index in [9.17, 15) is 0 Å². The highest BCUT2D eigenvalue weighted by Gasteiger charge is 2.12. The fraction of sp³-hybridized carbons (Fsp3) is 0.267. The molecule has 0 spiro atoms. The zero-order valence-electron chi connectivity index (χ0n) is 10.5. The fourth-order valence-corrected chi connectivity index (χ4v) is 2.08. The van der Waals surface area contributed by atoms with Crippen molar-refractivity contribution in [3.8, 4) is 11.8 Å². The van der Waals surface area contributed by atoms with Gasteiger partial charge in [-0.2, -0.15) is 0 Å². The fourth-order valence-electron chi connectivity index (χ4n) is 2.08. The molecule has 0 aliphatic carbocycles. The number of benzene rings is 1. The van der Waals surface area contributed by atoms with Crippen molar-refractivity contribution in [1.82, 2.24) is 10.4 Å². The number of nitrogens with one attached hydrogen (secondary N) is 1. The van der Waals surface area contributed by atoms with Crippen LogP contribution < -0.4 is 11.3 Å². The van der Waals surface area contributed by atoms with E-state index in [0.29, 0.717) is 0 Å². The second-order valence-electron chi connectivity index (χ2n) is 4.11. The Morgan fingerprint density at radius 1 is 1.33 bits per heavy atom. The summed E-state index contributed by atoms with van der Waals surface area (Å²) in [6.07, 6.45) is 3.52. The van der Waals surface area contributed by atoms with Crippen LogP contribution in [-0.2, 0) is 0 Å².